The molecule has 0 radical (unpaired) electrons. The fraction of sp³-hybridized carbons (Fsp3) is 1.00. The van der Waals surface area contributed by atoms with Crippen LogP contribution < -0.4 is 0 Å². The van der Waals surface area contributed by atoms with Gasteiger partial charge in [0.1, 0.15) is 0 Å². The fourth-order valence-corrected chi connectivity index (χ4v) is 5.84. The monoisotopic (exact) mass is 242 g/mol. The molecule has 1 atom stereocenters. The van der Waals surface area contributed by atoms with Crippen LogP contribution in [0.5, 0.6) is 0 Å². The predicted octanol–water partition coefficient (Wildman–Crippen LogP) is -0.499. The number of rotatable bonds is 3. The zero-order chi connectivity index (χ0) is 6.62. The molecule has 0 bridgehead atoms. The average molecular weight is 240 g/mol. The van der Waals surface area contributed by atoms with Gasteiger partial charge in [-0.1, -0.05) is 0 Å². The van der Waals surface area contributed by atoms with Gasteiger partial charge < -0.3 is 0 Å². The van der Waals surface area contributed by atoms with Gasteiger partial charge in [-0.25, -0.2) is 0 Å². The summed E-state index contributed by atoms with van der Waals surface area (Å²) in [6.45, 7) is -0.138. The van der Waals surface area contributed by atoms with Crippen molar-refractivity contribution in [3.63, 3.8) is 0 Å². The second-order valence-electron chi connectivity index (χ2n) is 1.27. The van der Waals surface area contributed by atoms with E-state index in [1.165, 1.54) is 0 Å². The van der Waals surface area contributed by atoms with Gasteiger partial charge in [0.25, 0.3) is 0 Å². The Kier molecular flexibility index (Phi) is 4.80. The molecule has 0 aliphatic rings. The second-order valence-corrected chi connectivity index (χ2v) is 16.7. The normalized spacial score (nSPS) is 18.0. The molecular weight excluding hydrogens is 230 g/mol. The Morgan fingerprint density at radius 3 is 2.38 bits per heavy atom. The fourth-order valence-electron chi connectivity index (χ4n) is 0.218. The molecule has 0 fully saturated rings. The van der Waals surface area contributed by atoms with Crippen molar-refractivity contribution in [2.45, 2.75) is 0 Å². The first-order valence-corrected chi connectivity index (χ1v) is 13.4. The third-order valence-corrected chi connectivity index (χ3v) is 17.7. The molecule has 0 aromatic carbocycles. The second kappa shape index (κ2) is 4.14. The molecule has 1 unspecified atom stereocenters. The Morgan fingerprint density at radius 1 is 1.75 bits per heavy atom. The SMILES string of the molecule is O=[P](O)(CCO)[Mo][PH4]. The molecule has 0 aliphatic heterocycles. The van der Waals surface area contributed by atoms with Crippen LogP contribution in [0, 0.1) is 0 Å². The Hall–Kier alpha value is 1.27. The van der Waals surface area contributed by atoms with Crippen molar-refractivity contribution in [1.29, 1.82) is 0 Å². The van der Waals surface area contributed by atoms with Crippen LogP contribution in [0.3, 0.4) is 0 Å². The van der Waals surface area contributed by atoms with Crippen LogP contribution >= 0.6 is 12.8 Å². The topological polar surface area (TPSA) is 57.5 Å². The summed E-state index contributed by atoms with van der Waals surface area (Å²) in [5.74, 6) is 0. The zero-order valence-electron chi connectivity index (χ0n) is 4.57. The van der Waals surface area contributed by atoms with Gasteiger partial charge in [0, 0.05) is 0 Å². The maximum atomic E-state index is 10.7. The molecule has 0 aromatic rings. The quantitative estimate of drug-likeness (QED) is 0.516. The van der Waals surface area contributed by atoms with Crippen molar-refractivity contribution < 1.29 is 32.1 Å². The van der Waals surface area contributed by atoms with E-state index in [2.05, 4.69) is 0 Å². The summed E-state index contributed by atoms with van der Waals surface area (Å²) in [4.78, 5) is 8.81. The molecule has 8 heavy (non-hydrogen) atoms. The molecule has 2 N–H and O–H groups in total. The predicted molar refractivity (Wildman–Crippen MR) is 34.3 cm³/mol. The number of hydrogen-bond donors (Lipinski definition) is 2. The Labute approximate surface area is 58.0 Å². The van der Waals surface area contributed by atoms with Crippen molar-refractivity contribution in [2.75, 3.05) is 12.8 Å². The van der Waals surface area contributed by atoms with Gasteiger partial charge >= 0.3 is 57.7 Å². The van der Waals surface area contributed by atoms with Gasteiger partial charge in [0.2, 0.25) is 0 Å². The van der Waals surface area contributed by atoms with E-state index in [0.29, 0.717) is 0 Å². The van der Waals surface area contributed by atoms with Crippen LogP contribution in [0.4, 0.5) is 0 Å². The van der Waals surface area contributed by atoms with Crippen LogP contribution in [-0.2, 0) is 22.1 Å². The molecule has 0 heterocycles. The molecule has 0 aromatic heterocycles. The molecule has 0 rings (SSSR count). The van der Waals surface area contributed by atoms with Crippen molar-refractivity contribution in [3.05, 3.63) is 0 Å². The van der Waals surface area contributed by atoms with Gasteiger partial charge in [0.15, 0.2) is 0 Å². The van der Waals surface area contributed by atoms with Gasteiger partial charge in [-0.15, -0.1) is 0 Å². The summed E-state index contributed by atoms with van der Waals surface area (Å²) in [6, 6.07) is 0. The minimum atomic E-state index is -2.73. The first kappa shape index (κ1) is 9.27. The molecule has 0 saturated carbocycles. The summed E-state index contributed by atoms with van der Waals surface area (Å²) >= 11 is -0.610. The Balaban J connectivity index is 3.55. The van der Waals surface area contributed by atoms with E-state index in [1.807, 2.05) is 0 Å². The average Bonchev–Trinajstić information content (AvgIpc) is 1.67. The van der Waals surface area contributed by atoms with Crippen LogP contribution in [0.15, 0.2) is 0 Å². The van der Waals surface area contributed by atoms with Crippen molar-refractivity contribution >= 4 is 12.8 Å². The molecule has 0 saturated heterocycles. The van der Waals surface area contributed by atoms with Crippen LogP contribution in [0.1, 0.15) is 0 Å². The summed E-state index contributed by atoms with van der Waals surface area (Å²) in [6.07, 6.45) is 0.124. The summed E-state index contributed by atoms with van der Waals surface area (Å²) in [5.41, 5.74) is -2.73. The summed E-state index contributed by atoms with van der Waals surface area (Å²) < 4.78 is 10.7. The van der Waals surface area contributed by atoms with Gasteiger partial charge in [-0.05, 0) is 0 Å². The van der Waals surface area contributed by atoms with E-state index in [1.54, 1.807) is 0 Å². The first-order valence-electron chi connectivity index (χ1n) is 2.11. The number of aliphatic hydroxyl groups excluding tert-OH is 1. The number of aliphatic hydroxyl groups is 1. The third-order valence-electron chi connectivity index (χ3n) is 0.668. The van der Waals surface area contributed by atoms with Crippen molar-refractivity contribution in [2.24, 2.45) is 0 Å². The van der Waals surface area contributed by atoms with E-state index in [0.717, 1.165) is 7.33 Å². The molecule has 52 valence electrons. The van der Waals surface area contributed by atoms with Crippen molar-refractivity contribution in [1.82, 2.24) is 0 Å². The van der Waals surface area contributed by atoms with Gasteiger partial charge in [-0.3, -0.25) is 0 Å². The molecule has 0 aliphatic carbocycles. The van der Waals surface area contributed by atoms with Crippen LogP contribution in [0.25, 0.3) is 0 Å². The van der Waals surface area contributed by atoms with Crippen LogP contribution in [0.2, 0.25) is 0 Å². The van der Waals surface area contributed by atoms with E-state index >= 15 is 0 Å². The minimum absolute atomic E-state index is 0.124. The molecule has 0 spiro atoms. The zero-order valence-corrected chi connectivity index (χ0v) is 9.47. The molecular formula is C2H10MoO3P2. The number of hydrogen-bond acceptors (Lipinski definition) is 2. The first-order chi connectivity index (χ1) is 3.62. The Morgan fingerprint density at radius 2 is 2.25 bits per heavy atom. The molecule has 3 nitrogen and oxygen atoms in total. The van der Waals surface area contributed by atoms with E-state index in [-0.39, 0.29) is 12.8 Å². The molecule has 6 heteroatoms. The molecule has 0 amide bonds. The third kappa shape index (κ3) is 4.18. The standard InChI is InChI=1S/C2H5O3P.Mo.H3P/c3-1-2-6(4)5;;/h3H,1-2H2;;1H3/q;-2;/p+2. The van der Waals surface area contributed by atoms with E-state index < -0.39 is 23.0 Å². The summed E-state index contributed by atoms with van der Waals surface area (Å²) in [5, 5.41) is 8.24. The van der Waals surface area contributed by atoms with Gasteiger partial charge in [-0.2, -0.15) is 0 Å². The Bertz CT molecular complexity index is 105. The van der Waals surface area contributed by atoms with Crippen molar-refractivity contribution in [3.8, 4) is 0 Å². The van der Waals surface area contributed by atoms with E-state index in [9.17, 15) is 4.57 Å². The van der Waals surface area contributed by atoms with Gasteiger partial charge in [0.05, 0.1) is 0 Å². The maximum absolute atomic E-state index is 10.7. The summed E-state index contributed by atoms with van der Waals surface area (Å²) in [7, 11) is 0.867. The van der Waals surface area contributed by atoms with Crippen LogP contribution in [-0.4, -0.2) is 22.8 Å². The van der Waals surface area contributed by atoms with E-state index in [4.69, 9.17) is 10.00 Å².